The number of aromatic nitrogens is 2. The monoisotopic (exact) mass is 151 g/mol. The van der Waals surface area contributed by atoms with Gasteiger partial charge in [0.15, 0.2) is 0 Å². The quantitative estimate of drug-likeness (QED) is 0.698. The third kappa shape index (κ3) is 2.27. The van der Waals surface area contributed by atoms with Gasteiger partial charge in [-0.15, -0.1) is 0 Å². The number of nitrogens with two attached hydrogens (primary N) is 1. The summed E-state index contributed by atoms with van der Waals surface area (Å²) < 4.78 is 0. The Kier molecular flexibility index (Phi) is 2.98. The Morgan fingerprint density at radius 1 is 1.27 bits per heavy atom. The van der Waals surface area contributed by atoms with E-state index in [9.17, 15) is 0 Å². The predicted molar refractivity (Wildman–Crippen MR) is 43.9 cm³/mol. The molecule has 0 fully saturated rings. The third-order valence-corrected chi connectivity index (χ3v) is 1.47. The topological polar surface area (TPSA) is 51.8 Å². The van der Waals surface area contributed by atoms with Crippen molar-refractivity contribution in [2.24, 2.45) is 5.73 Å². The fraction of sp³-hybridized carbons (Fsp3) is 0.500. The maximum atomic E-state index is 5.37. The minimum Gasteiger partial charge on any atom is -0.325 e. The maximum Gasteiger partial charge on any atom is 0.0722 e. The fourth-order valence-corrected chi connectivity index (χ4v) is 0.872. The predicted octanol–water partition coefficient (Wildman–Crippen LogP) is 0.888. The molecule has 0 saturated carbocycles. The first-order valence-electron chi connectivity index (χ1n) is 3.86. The Bertz CT molecular complexity index is 205. The largest absolute Gasteiger partial charge is 0.325 e. The molecule has 0 aromatic carbocycles. The van der Waals surface area contributed by atoms with E-state index in [4.69, 9.17) is 5.73 Å². The molecule has 0 atom stereocenters. The second-order valence-corrected chi connectivity index (χ2v) is 2.45. The minimum absolute atomic E-state index is 0.472. The standard InChI is InChI=1S/C8H13N3/c1-2-3-7-5-11-8(4-9)6-10-7/h5-6H,2-4,9H2,1H3. The number of rotatable bonds is 3. The van der Waals surface area contributed by atoms with Gasteiger partial charge in [-0.25, -0.2) is 0 Å². The lowest BCUT2D eigenvalue weighted by Gasteiger charge is -1.97. The van der Waals surface area contributed by atoms with Gasteiger partial charge < -0.3 is 5.73 Å². The minimum atomic E-state index is 0.472. The molecule has 0 aliphatic carbocycles. The van der Waals surface area contributed by atoms with Crippen LogP contribution in [-0.4, -0.2) is 9.97 Å². The summed E-state index contributed by atoms with van der Waals surface area (Å²) in [5.74, 6) is 0. The van der Waals surface area contributed by atoms with Gasteiger partial charge in [0.25, 0.3) is 0 Å². The van der Waals surface area contributed by atoms with E-state index in [-0.39, 0.29) is 0 Å². The molecule has 0 aliphatic heterocycles. The molecule has 3 nitrogen and oxygen atoms in total. The van der Waals surface area contributed by atoms with Crippen LogP contribution >= 0.6 is 0 Å². The zero-order chi connectivity index (χ0) is 8.10. The molecule has 11 heavy (non-hydrogen) atoms. The first-order valence-corrected chi connectivity index (χ1v) is 3.86. The Morgan fingerprint density at radius 3 is 2.36 bits per heavy atom. The van der Waals surface area contributed by atoms with Crippen LogP contribution in [0, 0.1) is 0 Å². The molecule has 1 aromatic rings. The molecule has 0 unspecified atom stereocenters. The van der Waals surface area contributed by atoms with E-state index in [1.165, 1.54) is 0 Å². The highest BCUT2D eigenvalue weighted by Crippen LogP contribution is 1.97. The van der Waals surface area contributed by atoms with Crippen molar-refractivity contribution in [2.45, 2.75) is 26.3 Å². The lowest BCUT2D eigenvalue weighted by atomic mass is 10.2. The third-order valence-electron chi connectivity index (χ3n) is 1.47. The summed E-state index contributed by atoms with van der Waals surface area (Å²) in [6.45, 7) is 2.60. The molecule has 0 bridgehead atoms. The van der Waals surface area contributed by atoms with Gasteiger partial charge in [0.1, 0.15) is 0 Å². The average molecular weight is 151 g/mol. The van der Waals surface area contributed by atoms with E-state index in [1.807, 2.05) is 0 Å². The molecular formula is C8H13N3. The van der Waals surface area contributed by atoms with E-state index in [0.717, 1.165) is 24.2 Å². The van der Waals surface area contributed by atoms with Gasteiger partial charge in [0.05, 0.1) is 11.4 Å². The molecule has 1 aromatic heterocycles. The first kappa shape index (κ1) is 8.14. The smallest absolute Gasteiger partial charge is 0.0722 e. The van der Waals surface area contributed by atoms with Gasteiger partial charge in [0.2, 0.25) is 0 Å². The molecule has 0 amide bonds. The van der Waals surface area contributed by atoms with Crippen molar-refractivity contribution in [2.75, 3.05) is 0 Å². The van der Waals surface area contributed by atoms with Crippen LogP contribution in [0.25, 0.3) is 0 Å². The van der Waals surface area contributed by atoms with Crippen molar-refractivity contribution >= 4 is 0 Å². The average Bonchev–Trinajstić information content (AvgIpc) is 2.07. The van der Waals surface area contributed by atoms with E-state index in [2.05, 4.69) is 16.9 Å². The molecule has 1 heterocycles. The van der Waals surface area contributed by atoms with E-state index < -0.39 is 0 Å². The molecule has 0 radical (unpaired) electrons. The highest BCUT2D eigenvalue weighted by Gasteiger charge is 1.93. The van der Waals surface area contributed by atoms with Crippen LogP contribution in [-0.2, 0) is 13.0 Å². The van der Waals surface area contributed by atoms with Crippen molar-refractivity contribution in [1.82, 2.24) is 9.97 Å². The van der Waals surface area contributed by atoms with E-state index in [0.29, 0.717) is 6.54 Å². The summed E-state index contributed by atoms with van der Waals surface area (Å²) in [6.07, 6.45) is 5.64. The fourth-order valence-electron chi connectivity index (χ4n) is 0.872. The van der Waals surface area contributed by atoms with Gasteiger partial charge in [-0.2, -0.15) is 0 Å². The van der Waals surface area contributed by atoms with Gasteiger partial charge in [0, 0.05) is 18.9 Å². The summed E-state index contributed by atoms with van der Waals surface area (Å²) in [5, 5.41) is 0. The van der Waals surface area contributed by atoms with Gasteiger partial charge in [-0.3, -0.25) is 9.97 Å². The summed E-state index contributed by atoms with van der Waals surface area (Å²) in [4.78, 5) is 8.33. The highest BCUT2D eigenvalue weighted by molar-refractivity contribution is 5.01. The number of hydrogen-bond donors (Lipinski definition) is 1. The maximum absolute atomic E-state index is 5.37. The van der Waals surface area contributed by atoms with Crippen molar-refractivity contribution in [3.63, 3.8) is 0 Å². The van der Waals surface area contributed by atoms with Gasteiger partial charge in [-0.05, 0) is 6.42 Å². The molecule has 0 aliphatic rings. The number of nitrogens with zero attached hydrogens (tertiary/aromatic N) is 2. The normalized spacial score (nSPS) is 10.0. The Balaban J connectivity index is 2.66. The Labute approximate surface area is 66.7 Å². The molecule has 3 heteroatoms. The van der Waals surface area contributed by atoms with Crippen LogP contribution in [0.5, 0.6) is 0 Å². The van der Waals surface area contributed by atoms with Gasteiger partial charge in [-0.1, -0.05) is 13.3 Å². The Hall–Kier alpha value is -0.960. The zero-order valence-electron chi connectivity index (χ0n) is 6.75. The molecule has 2 N–H and O–H groups in total. The molecule has 1 rings (SSSR count). The summed E-state index contributed by atoms with van der Waals surface area (Å²) in [7, 11) is 0. The zero-order valence-corrected chi connectivity index (χ0v) is 6.75. The second-order valence-electron chi connectivity index (χ2n) is 2.45. The lowest BCUT2D eigenvalue weighted by Crippen LogP contribution is -2.01. The molecule has 0 spiro atoms. The second kappa shape index (κ2) is 4.03. The number of aryl methyl sites for hydroxylation is 1. The summed E-state index contributed by atoms with van der Waals surface area (Å²) in [6, 6.07) is 0. The van der Waals surface area contributed by atoms with Crippen LogP contribution in [0.1, 0.15) is 24.7 Å². The van der Waals surface area contributed by atoms with E-state index in [1.54, 1.807) is 12.4 Å². The van der Waals surface area contributed by atoms with Crippen LogP contribution in [0.2, 0.25) is 0 Å². The van der Waals surface area contributed by atoms with Crippen molar-refractivity contribution in [3.05, 3.63) is 23.8 Å². The van der Waals surface area contributed by atoms with Gasteiger partial charge >= 0.3 is 0 Å². The highest BCUT2D eigenvalue weighted by atomic mass is 14.8. The summed E-state index contributed by atoms with van der Waals surface area (Å²) in [5.41, 5.74) is 7.27. The van der Waals surface area contributed by atoms with E-state index >= 15 is 0 Å². The van der Waals surface area contributed by atoms with Crippen LogP contribution in [0.4, 0.5) is 0 Å². The SMILES string of the molecule is CCCc1cnc(CN)cn1. The molecular weight excluding hydrogens is 138 g/mol. The van der Waals surface area contributed by atoms with Crippen LogP contribution in [0.15, 0.2) is 12.4 Å². The number of hydrogen-bond acceptors (Lipinski definition) is 3. The lowest BCUT2D eigenvalue weighted by molar-refractivity contribution is 0.851. The molecule has 60 valence electrons. The van der Waals surface area contributed by atoms with Crippen molar-refractivity contribution in [3.8, 4) is 0 Å². The first-order chi connectivity index (χ1) is 5.36. The van der Waals surface area contributed by atoms with Crippen molar-refractivity contribution < 1.29 is 0 Å². The van der Waals surface area contributed by atoms with Crippen LogP contribution < -0.4 is 5.73 Å². The van der Waals surface area contributed by atoms with Crippen LogP contribution in [0.3, 0.4) is 0 Å². The Morgan fingerprint density at radius 2 is 1.91 bits per heavy atom. The van der Waals surface area contributed by atoms with Crippen molar-refractivity contribution in [1.29, 1.82) is 0 Å². The molecule has 0 saturated heterocycles. The summed E-state index contributed by atoms with van der Waals surface area (Å²) >= 11 is 0.